The average molecular weight is 530 g/mol. The van der Waals surface area contributed by atoms with Crippen LogP contribution in [0.15, 0.2) is 60.7 Å². The molecule has 7 nitrogen and oxygen atoms in total. The number of hydrogen-bond donors (Lipinski definition) is 2. The van der Waals surface area contributed by atoms with Crippen molar-refractivity contribution in [2.24, 2.45) is 0 Å². The van der Waals surface area contributed by atoms with Gasteiger partial charge in [0.2, 0.25) is 0 Å². The first kappa shape index (κ1) is 27.1. The first-order chi connectivity index (χ1) is 17.9. The summed E-state index contributed by atoms with van der Waals surface area (Å²) in [6.07, 6.45) is -4.06. The first-order valence-corrected chi connectivity index (χ1v) is 12.3. The Labute approximate surface area is 218 Å². The molecule has 0 unspecified atom stereocenters. The predicted molar refractivity (Wildman–Crippen MR) is 137 cm³/mol. The van der Waals surface area contributed by atoms with Crippen LogP contribution in [0.1, 0.15) is 50.1 Å². The fraction of sp³-hybridized carbons (Fsp3) is 0.357. The third kappa shape index (κ3) is 6.67. The summed E-state index contributed by atoms with van der Waals surface area (Å²) in [6, 6.07) is 16.7. The Hall–Kier alpha value is -3.95. The number of alkyl carbamates (subject to hydrolysis) is 1. The lowest BCUT2D eigenvalue weighted by molar-refractivity contribution is -0.274. The van der Waals surface area contributed by atoms with Crippen LogP contribution in [0.25, 0.3) is 22.4 Å². The summed E-state index contributed by atoms with van der Waals surface area (Å²) in [6.45, 7) is 6.14. The van der Waals surface area contributed by atoms with E-state index in [9.17, 15) is 22.8 Å². The van der Waals surface area contributed by atoms with Crippen molar-refractivity contribution in [1.29, 1.82) is 0 Å². The molecule has 4 rings (SSSR count). The zero-order valence-electron chi connectivity index (χ0n) is 21.4. The molecule has 2 aromatic carbocycles. The minimum Gasteiger partial charge on any atom is -0.444 e. The summed E-state index contributed by atoms with van der Waals surface area (Å²) in [5.74, 6) is -0.605. The first-order valence-electron chi connectivity index (χ1n) is 12.3. The quantitative estimate of drug-likeness (QED) is 0.352. The van der Waals surface area contributed by atoms with Crippen molar-refractivity contribution in [2.45, 2.75) is 51.6 Å². The maximum atomic E-state index is 12.9. The number of benzene rings is 2. The summed E-state index contributed by atoms with van der Waals surface area (Å²) >= 11 is 0. The van der Waals surface area contributed by atoms with Gasteiger partial charge in [-0.05, 0) is 62.9 Å². The highest BCUT2D eigenvalue weighted by atomic mass is 19.4. The summed E-state index contributed by atoms with van der Waals surface area (Å²) in [5.41, 5.74) is 2.48. The molecule has 0 bridgehead atoms. The number of aromatic nitrogens is 1. The summed E-state index contributed by atoms with van der Waals surface area (Å²) < 4.78 is 50.0. The van der Waals surface area contributed by atoms with Crippen molar-refractivity contribution in [3.63, 3.8) is 0 Å². The third-order valence-corrected chi connectivity index (χ3v) is 5.94. The SMILES string of the molecule is CC(C)(C)OC(=O)NCCC[C@H]1CNC(=O)c2cc(-c3cccc(OC(F)(F)F)c3)c(-c3ccccc3)n21. The monoisotopic (exact) mass is 529 g/mol. The van der Waals surface area contributed by atoms with E-state index in [4.69, 9.17) is 4.74 Å². The van der Waals surface area contributed by atoms with E-state index in [1.54, 1.807) is 32.9 Å². The second-order valence-electron chi connectivity index (χ2n) is 10.0. The lowest BCUT2D eigenvalue weighted by atomic mass is 10.0. The van der Waals surface area contributed by atoms with Crippen molar-refractivity contribution in [2.75, 3.05) is 13.1 Å². The number of rotatable bonds is 7. The van der Waals surface area contributed by atoms with Crippen molar-refractivity contribution in [1.82, 2.24) is 15.2 Å². The predicted octanol–water partition coefficient (Wildman–Crippen LogP) is 6.31. The number of carbonyl (C=O) groups is 2. The number of hydrogen-bond acceptors (Lipinski definition) is 4. The van der Waals surface area contributed by atoms with Crippen LogP contribution in [-0.4, -0.2) is 41.6 Å². The fourth-order valence-electron chi connectivity index (χ4n) is 4.52. The van der Waals surface area contributed by atoms with Crippen molar-refractivity contribution >= 4 is 12.0 Å². The zero-order chi connectivity index (χ0) is 27.5. The Balaban J connectivity index is 1.67. The van der Waals surface area contributed by atoms with Crippen LogP contribution in [0.2, 0.25) is 0 Å². The molecule has 2 amide bonds. The molecule has 0 saturated carbocycles. The van der Waals surface area contributed by atoms with Crippen molar-refractivity contribution < 1.29 is 32.2 Å². The van der Waals surface area contributed by atoms with Gasteiger partial charge in [0.15, 0.2) is 0 Å². The topological polar surface area (TPSA) is 81.6 Å². The van der Waals surface area contributed by atoms with Gasteiger partial charge in [-0.25, -0.2) is 4.79 Å². The Morgan fingerprint density at radius 2 is 1.76 bits per heavy atom. The second-order valence-corrected chi connectivity index (χ2v) is 10.0. The minimum absolute atomic E-state index is 0.137. The lowest BCUT2D eigenvalue weighted by Gasteiger charge is -2.29. The van der Waals surface area contributed by atoms with Gasteiger partial charge in [-0.3, -0.25) is 4.79 Å². The average Bonchev–Trinajstić information content (AvgIpc) is 3.23. The van der Waals surface area contributed by atoms with Crippen LogP contribution in [0.3, 0.4) is 0 Å². The van der Waals surface area contributed by atoms with Gasteiger partial charge < -0.3 is 24.7 Å². The molecule has 1 aliphatic rings. The molecule has 0 spiro atoms. The Morgan fingerprint density at radius 1 is 1.05 bits per heavy atom. The summed E-state index contributed by atoms with van der Waals surface area (Å²) in [7, 11) is 0. The van der Waals surface area contributed by atoms with Crippen LogP contribution in [0, 0.1) is 0 Å². The molecule has 202 valence electrons. The number of amides is 2. The molecule has 0 fully saturated rings. The Bertz CT molecular complexity index is 1300. The highest BCUT2D eigenvalue weighted by Gasteiger charge is 2.33. The zero-order valence-corrected chi connectivity index (χ0v) is 21.4. The van der Waals surface area contributed by atoms with E-state index in [1.807, 2.05) is 34.9 Å². The fourth-order valence-corrected chi connectivity index (χ4v) is 4.52. The van der Waals surface area contributed by atoms with Gasteiger partial charge in [0.1, 0.15) is 17.0 Å². The molecule has 0 radical (unpaired) electrons. The van der Waals surface area contributed by atoms with Gasteiger partial charge in [0.25, 0.3) is 5.91 Å². The van der Waals surface area contributed by atoms with E-state index in [-0.39, 0.29) is 17.7 Å². The maximum Gasteiger partial charge on any atom is 0.573 e. The molecular formula is C28H30F3N3O4. The van der Waals surface area contributed by atoms with Gasteiger partial charge in [-0.2, -0.15) is 0 Å². The van der Waals surface area contributed by atoms with Crippen LogP contribution in [-0.2, 0) is 4.74 Å². The molecule has 1 aliphatic heterocycles. The van der Waals surface area contributed by atoms with E-state index in [1.165, 1.54) is 18.2 Å². The van der Waals surface area contributed by atoms with E-state index < -0.39 is 18.1 Å². The van der Waals surface area contributed by atoms with Gasteiger partial charge in [0.05, 0.1) is 11.7 Å². The lowest BCUT2D eigenvalue weighted by Crippen LogP contribution is -2.39. The summed E-state index contributed by atoms with van der Waals surface area (Å²) in [4.78, 5) is 24.9. The van der Waals surface area contributed by atoms with Crippen LogP contribution in [0.5, 0.6) is 5.75 Å². The van der Waals surface area contributed by atoms with E-state index in [0.29, 0.717) is 42.8 Å². The van der Waals surface area contributed by atoms with E-state index >= 15 is 0 Å². The Kier molecular flexibility index (Phi) is 7.71. The number of carbonyl (C=O) groups excluding carboxylic acids is 2. The standard InChI is InChI=1S/C28H30F3N3O4/c1-27(2,3)38-26(36)32-14-8-12-20-17-33-25(35)23-16-22(24(34(20)23)18-9-5-4-6-10-18)19-11-7-13-21(15-19)37-28(29,30)31/h4-7,9-11,13,15-16,20H,8,12,14,17H2,1-3H3,(H,32,36)(H,33,35)/t20-/m0/s1. The number of nitrogens with one attached hydrogen (secondary N) is 2. The second kappa shape index (κ2) is 10.8. The number of nitrogens with zero attached hydrogens (tertiary/aromatic N) is 1. The number of halogens is 3. The maximum absolute atomic E-state index is 12.9. The van der Waals surface area contributed by atoms with Crippen LogP contribution >= 0.6 is 0 Å². The molecule has 10 heteroatoms. The molecule has 0 saturated heterocycles. The molecule has 0 aliphatic carbocycles. The number of alkyl halides is 3. The normalized spacial score (nSPS) is 15.4. The smallest absolute Gasteiger partial charge is 0.444 e. The molecule has 1 atom stereocenters. The molecule has 2 N–H and O–H groups in total. The highest BCUT2D eigenvalue weighted by molar-refractivity contribution is 5.98. The molecular weight excluding hydrogens is 499 g/mol. The Morgan fingerprint density at radius 3 is 2.45 bits per heavy atom. The van der Waals surface area contributed by atoms with Gasteiger partial charge in [-0.15, -0.1) is 13.2 Å². The molecule has 3 aromatic rings. The van der Waals surface area contributed by atoms with Crippen molar-refractivity contribution in [3.8, 4) is 28.1 Å². The largest absolute Gasteiger partial charge is 0.573 e. The van der Waals surface area contributed by atoms with Crippen LogP contribution < -0.4 is 15.4 Å². The van der Waals surface area contributed by atoms with Gasteiger partial charge >= 0.3 is 12.5 Å². The number of fused-ring (bicyclic) bond motifs is 1. The molecule has 38 heavy (non-hydrogen) atoms. The number of ether oxygens (including phenoxy) is 2. The van der Waals surface area contributed by atoms with E-state index in [0.717, 1.165) is 11.3 Å². The summed E-state index contributed by atoms with van der Waals surface area (Å²) in [5, 5.41) is 5.66. The van der Waals surface area contributed by atoms with Crippen molar-refractivity contribution in [3.05, 3.63) is 66.4 Å². The van der Waals surface area contributed by atoms with Crippen LogP contribution in [0.4, 0.5) is 18.0 Å². The third-order valence-electron chi connectivity index (χ3n) is 5.94. The molecule has 1 aromatic heterocycles. The molecule has 2 heterocycles. The van der Waals surface area contributed by atoms with Gasteiger partial charge in [-0.1, -0.05) is 42.5 Å². The highest BCUT2D eigenvalue weighted by Crippen LogP contribution is 2.40. The van der Waals surface area contributed by atoms with Gasteiger partial charge in [0, 0.05) is 18.7 Å². The van der Waals surface area contributed by atoms with E-state index in [2.05, 4.69) is 15.4 Å². The minimum atomic E-state index is -4.82.